The predicted molar refractivity (Wildman–Crippen MR) is 101 cm³/mol. The average Bonchev–Trinajstić information content (AvgIpc) is 3.22. The number of aliphatic hydroxyl groups is 1. The van der Waals surface area contributed by atoms with Gasteiger partial charge in [-0.2, -0.15) is 0 Å². The molecule has 2 aromatic rings. The van der Waals surface area contributed by atoms with E-state index in [1.807, 2.05) is 24.3 Å². The van der Waals surface area contributed by atoms with Gasteiger partial charge in [0, 0.05) is 12.5 Å². The smallest absolute Gasteiger partial charge is 0.407 e. The normalized spacial score (nSPS) is 17.6. The minimum atomic E-state index is -0.601. The molecule has 1 saturated carbocycles. The second-order valence-corrected chi connectivity index (χ2v) is 7.43. The van der Waals surface area contributed by atoms with Crippen molar-refractivity contribution in [1.82, 2.24) is 5.32 Å². The Morgan fingerprint density at radius 3 is 2.23 bits per heavy atom. The van der Waals surface area contributed by atoms with Gasteiger partial charge in [0.1, 0.15) is 6.61 Å². The van der Waals surface area contributed by atoms with Crippen molar-refractivity contribution in [2.45, 2.75) is 43.6 Å². The monoisotopic (exact) mass is 351 g/mol. The number of nitrogens with one attached hydrogen (secondary N) is 1. The molecule has 0 saturated heterocycles. The van der Waals surface area contributed by atoms with Gasteiger partial charge in [-0.1, -0.05) is 61.4 Å². The zero-order valence-electron chi connectivity index (χ0n) is 14.9. The molecule has 4 rings (SSSR count). The van der Waals surface area contributed by atoms with E-state index in [4.69, 9.17) is 4.74 Å². The molecule has 2 aliphatic carbocycles. The Morgan fingerprint density at radius 2 is 1.62 bits per heavy atom. The fraction of sp³-hybridized carbons (Fsp3) is 0.409. The maximum atomic E-state index is 12.1. The highest BCUT2D eigenvalue weighted by Crippen LogP contribution is 2.44. The summed E-state index contributed by atoms with van der Waals surface area (Å²) in [6, 6.07) is 16.6. The lowest BCUT2D eigenvalue weighted by Crippen LogP contribution is -2.33. The van der Waals surface area contributed by atoms with Crippen molar-refractivity contribution < 1.29 is 14.6 Å². The molecule has 0 bridgehead atoms. The van der Waals surface area contributed by atoms with E-state index in [1.165, 1.54) is 22.3 Å². The molecule has 2 N–H and O–H groups in total. The molecule has 0 aliphatic heterocycles. The molecule has 136 valence electrons. The lowest BCUT2D eigenvalue weighted by Gasteiger charge is -2.22. The number of carbonyl (C=O) groups excluding carboxylic acids is 1. The predicted octanol–water partition coefficient (Wildman–Crippen LogP) is 4.22. The van der Waals surface area contributed by atoms with Crippen molar-refractivity contribution >= 4 is 6.09 Å². The number of fused-ring (bicyclic) bond motifs is 3. The van der Waals surface area contributed by atoms with Crippen LogP contribution in [-0.4, -0.2) is 30.0 Å². The summed E-state index contributed by atoms with van der Waals surface area (Å²) in [5.74, 6) is 0.0761. The van der Waals surface area contributed by atoms with Gasteiger partial charge in [-0.25, -0.2) is 4.79 Å². The van der Waals surface area contributed by atoms with Gasteiger partial charge in [0.2, 0.25) is 0 Å². The van der Waals surface area contributed by atoms with E-state index < -0.39 is 11.7 Å². The standard InChI is InChI=1S/C22H25NO3/c24-21(23-14-13-22(25)11-5-6-12-22)26-15-20-18-9-3-1-7-16(18)17-8-2-4-10-19(17)20/h1-4,7-10,20,25H,5-6,11-15H2,(H,23,24). The Kier molecular flexibility index (Phi) is 4.68. The first kappa shape index (κ1) is 17.1. The molecule has 0 atom stereocenters. The summed E-state index contributed by atoms with van der Waals surface area (Å²) in [6.07, 6.45) is 3.99. The SMILES string of the molecule is O=C(NCCC1(O)CCCC1)OCC1c2ccccc2-c2ccccc21. The molecule has 1 amide bonds. The maximum Gasteiger partial charge on any atom is 0.407 e. The van der Waals surface area contributed by atoms with Crippen LogP contribution in [0.4, 0.5) is 4.79 Å². The van der Waals surface area contributed by atoms with Crippen molar-refractivity contribution in [3.05, 3.63) is 59.7 Å². The van der Waals surface area contributed by atoms with E-state index in [-0.39, 0.29) is 5.92 Å². The van der Waals surface area contributed by atoms with Crippen LogP contribution in [0.2, 0.25) is 0 Å². The molecule has 2 aromatic carbocycles. The number of alkyl carbamates (subject to hydrolysis) is 1. The summed E-state index contributed by atoms with van der Waals surface area (Å²) < 4.78 is 5.51. The minimum Gasteiger partial charge on any atom is -0.449 e. The molecular formula is C22H25NO3. The van der Waals surface area contributed by atoms with Gasteiger partial charge in [-0.3, -0.25) is 0 Å². The summed E-state index contributed by atoms with van der Waals surface area (Å²) in [7, 11) is 0. The maximum absolute atomic E-state index is 12.1. The van der Waals surface area contributed by atoms with E-state index in [0.29, 0.717) is 19.6 Å². The van der Waals surface area contributed by atoms with Gasteiger partial charge in [0.15, 0.2) is 0 Å². The number of ether oxygens (including phenoxy) is 1. The number of rotatable bonds is 5. The Hall–Kier alpha value is -2.33. The topological polar surface area (TPSA) is 58.6 Å². The van der Waals surface area contributed by atoms with E-state index >= 15 is 0 Å². The first-order valence-electron chi connectivity index (χ1n) is 9.48. The molecule has 1 fully saturated rings. The van der Waals surface area contributed by atoms with Crippen molar-refractivity contribution in [3.8, 4) is 11.1 Å². The first-order valence-corrected chi connectivity index (χ1v) is 9.48. The van der Waals surface area contributed by atoms with E-state index in [2.05, 4.69) is 29.6 Å². The summed E-state index contributed by atoms with van der Waals surface area (Å²) in [5, 5.41) is 13.1. The van der Waals surface area contributed by atoms with E-state index in [1.54, 1.807) is 0 Å². The molecular weight excluding hydrogens is 326 g/mol. The zero-order chi connectivity index (χ0) is 18.0. The second-order valence-electron chi connectivity index (χ2n) is 7.43. The van der Waals surface area contributed by atoms with E-state index in [9.17, 15) is 9.90 Å². The molecule has 0 radical (unpaired) electrons. The van der Waals surface area contributed by atoms with Gasteiger partial charge in [-0.15, -0.1) is 0 Å². The number of carbonyl (C=O) groups is 1. The molecule has 0 aromatic heterocycles. The van der Waals surface area contributed by atoms with Crippen LogP contribution in [0, 0.1) is 0 Å². The van der Waals surface area contributed by atoms with Gasteiger partial charge in [0.05, 0.1) is 5.60 Å². The highest BCUT2D eigenvalue weighted by Gasteiger charge is 2.31. The third-order valence-corrected chi connectivity index (χ3v) is 5.74. The number of hydrogen-bond donors (Lipinski definition) is 2. The van der Waals surface area contributed by atoms with Crippen molar-refractivity contribution in [2.24, 2.45) is 0 Å². The fourth-order valence-electron chi connectivity index (χ4n) is 4.33. The quantitative estimate of drug-likeness (QED) is 0.848. The zero-order valence-corrected chi connectivity index (χ0v) is 14.9. The molecule has 0 unspecified atom stereocenters. The molecule has 0 heterocycles. The van der Waals surface area contributed by atoms with Crippen LogP contribution in [0.1, 0.15) is 49.1 Å². The van der Waals surface area contributed by atoms with Gasteiger partial charge < -0.3 is 15.2 Å². The summed E-state index contributed by atoms with van der Waals surface area (Å²) in [6.45, 7) is 0.775. The van der Waals surface area contributed by atoms with Crippen LogP contribution in [0.15, 0.2) is 48.5 Å². The van der Waals surface area contributed by atoms with Crippen LogP contribution in [0.3, 0.4) is 0 Å². The summed E-state index contributed by atoms with van der Waals surface area (Å²) in [4.78, 5) is 12.1. The van der Waals surface area contributed by atoms with E-state index in [0.717, 1.165) is 25.7 Å². The van der Waals surface area contributed by atoms with Crippen molar-refractivity contribution in [3.63, 3.8) is 0 Å². The highest BCUT2D eigenvalue weighted by molar-refractivity contribution is 5.79. The Morgan fingerprint density at radius 1 is 1.04 bits per heavy atom. The summed E-state index contributed by atoms with van der Waals surface area (Å²) in [5.41, 5.74) is 4.26. The number of hydrogen-bond acceptors (Lipinski definition) is 3. The average molecular weight is 351 g/mol. The van der Waals surface area contributed by atoms with Crippen molar-refractivity contribution in [1.29, 1.82) is 0 Å². The van der Waals surface area contributed by atoms with Crippen LogP contribution >= 0.6 is 0 Å². The molecule has 0 spiro atoms. The molecule has 2 aliphatic rings. The lowest BCUT2D eigenvalue weighted by atomic mass is 9.98. The Balaban J connectivity index is 1.35. The number of benzene rings is 2. The highest BCUT2D eigenvalue weighted by atomic mass is 16.5. The van der Waals surface area contributed by atoms with Crippen molar-refractivity contribution in [2.75, 3.05) is 13.2 Å². The van der Waals surface area contributed by atoms with Crippen LogP contribution in [-0.2, 0) is 4.74 Å². The fourth-order valence-corrected chi connectivity index (χ4v) is 4.33. The minimum absolute atomic E-state index is 0.0761. The lowest BCUT2D eigenvalue weighted by molar-refractivity contribution is 0.0388. The van der Waals surface area contributed by atoms with Gasteiger partial charge in [-0.05, 0) is 41.5 Å². The van der Waals surface area contributed by atoms with Gasteiger partial charge >= 0.3 is 6.09 Å². The second kappa shape index (κ2) is 7.12. The Labute approximate surface area is 154 Å². The molecule has 4 heteroatoms. The largest absolute Gasteiger partial charge is 0.449 e. The Bertz CT molecular complexity index is 750. The molecule has 26 heavy (non-hydrogen) atoms. The summed E-state index contributed by atoms with van der Waals surface area (Å²) >= 11 is 0. The van der Waals surface area contributed by atoms with Crippen LogP contribution in [0.25, 0.3) is 11.1 Å². The number of amides is 1. The third-order valence-electron chi connectivity index (χ3n) is 5.74. The van der Waals surface area contributed by atoms with Crippen LogP contribution in [0.5, 0.6) is 0 Å². The van der Waals surface area contributed by atoms with Gasteiger partial charge in [0.25, 0.3) is 0 Å². The van der Waals surface area contributed by atoms with Crippen LogP contribution < -0.4 is 5.32 Å². The third kappa shape index (κ3) is 3.34. The molecule has 4 nitrogen and oxygen atoms in total. The first-order chi connectivity index (χ1) is 12.7.